The predicted octanol–water partition coefficient (Wildman–Crippen LogP) is 6.21. The third-order valence-corrected chi connectivity index (χ3v) is 5.93. The zero-order valence-electron chi connectivity index (χ0n) is 20.1. The van der Waals surface area contributed by atoms with Crippen LogP contribution in [0.25, 0.3) is 0 Å². The van der Waals surface area contributed by atoms with Crippen molar-refractivity contribution >= 4 is 33.5 Å². The van der Waals surface area contributed by atoms with Gasteiger partial charge in [0.15, 0.2) is 0 Å². The number of carbonyl (C=O) groups is 2. The fourth-order valence-corrected chi connectivity index (χ4v) is 3.60. The molecule has 1 heterocycles. The van der Waals surface area contributed by atoms with Gasteiger partial charge in [-0.25, -0.2) is 4.79 Å². The quantitative estimate of drug-likeness (QED) is 0.191. The zero-order valence-corrected chi connectivity index (χ0v) is 21.7. The first-order valence-electron chi connectivity index (χ1n) is 10.8. The van der Waals surface area contributed by atoms with Crippen molar-refractivity contribution in [3.8, 4) is 0 Å². The Hall–Kier alpha value is -2.47. The van der Waals surface area contributed by atoms with Crippen LogP contribution in [-0.2, 0) is 14.3 Å². The number of halogens is 1. The second-order valence-electron chi connectivity index (χ2n) is 7.96. The highest BCUT2D eigenvalue weighted by molar-refractivity contribution is 9.11. The summed E-state index contributed by atoms with van der Waals surface area (Å²) in [4.78, 5) is 31.8. The lowest BCUT2D eigenvalue weighted by molar-refractivity contribution is -0.135. The highest BCUT2D eigenvalue weighted by Gasteiger charge is 2.44. The van der Waals surface area contributed by atoms with Gasteiger partial charge in [-0.1, -0.05) is 73.2 Å². The van der Waals surface area contributed by atoms with Gasteiger partial charge in [-0.2, -0.15) is 0 Å². The normalized spacial score (nSPS) is 17.8. The van der Waals surface area contributed by atoms with Crippen LogP contribution in [0.1, 0.15) is 53.9 Å². The summed E-state index contributed by atoms with van der Waals surface area (Å²) < 4.78 is 5.62. The molecule has 1 aliphatic rings. The van der Waals surface area contributed by atoms with Crippen LogP contribution in [0.5, 0.6) is 0 Å². The summed E-state index contributed by atoms with van der Waals surface area (Å²) in [7, 11) is 1.32. The van der Waals surface area contributed by atoms with Crippen molar-refractivity contribution in [3.05, 3.63) is 70.8 Å². The molecule has 1 unspecified atom stereocenters. The third kappa shape index (κ3) is 7.02. The van der Waals surface area contributed by atoms with Gasteiger partial charge >= 0.3 is 5.97 Å². The van der Waals surface area contributed by atoms with Crippen LogP contribution >= 0.6 is 15.9 Å². The maximum absolute atomic E-state index is 13.5. The van der Waals surface area contributed by atoms with Gasteiger partial charge < -0.3 is 9.64 Å². The Bertz CT molecular complexity index is 904. The van der Waals surface area contributed by atoms with Crippen molar-refractivity contribution in [1.82, 2.24) is 4.90 Å². The molecule has 32 heavy (non-hydrogen) atoms. The summed E-state index contributed by atoms with van der Waals surface area (Å²) in [6.07, 6.45) is 13.7. The zero-order chi connectivity index (χ0) is 24.5. The van der Waals surface area contributed by atoms with Gasteiger partial charge in [0.1, 0.15) is 11.4 Å². The Balaban J connectivity index is 3.31. The third-order valence-electron chi connectivity index (χ3n) is 5.21. The molecule has 0 spiro atoms. The number of nitrogens with zero attached hydrogens (tertiary/aromatic N) is 2. The molecule has 0 radical (unpaired) electrons. The summed E-state index contributed by atoms with van der Waals surface area (Å²) in [6, 6.07) is -0.204. The summed E-state index contributed by atoms with van der Waals surface area (Å²) >= 11 is 3.43. The number of unbranched alkanes of at least 4 members (excludes halogenated alkanes) is 1. The summed E-state index contributed by atoms with van der Waals surface area (Å²) in [5.41, 5.74) is 1.36. The standard InChI is InChI=1S/C26H35BrN2O3/c1-9-12-13-22(20(10-2)16-14-19(5)25(31)32-8)29-24(30)23(28-26(29,6)7)18(4)15-17-21(27)11-3/h10-11,14-17,22H,4-5,9,12-13H2,1-3,6-8H3/b16-14-,17-15-,20-10+,21-11+. The van der Waals surface area contributed by atoms with Crippen LogP contribution in [0.3, 0.4) is 0 Å². The molecule has 0 aromatic heterocycles. The number of amides is 1. The molecule has 1 atom stereocenters. The number of ether oxygens (including phenoxy) is 1. The average molecular weight is 503 g/mol. The Kier molecular flexibility index (Phi) is 10.8. The van der Waals surface area contributed by atoms with Crippen molar-refractivity contribution in [1.29, 1.82) is 0 Å². The van der Waals surface area contributed by atoms with E-state index in [9.17, 15) is 9.59 Å². The second-order valence-corrected chi connectivity index (χ2v) is 8.87. The van der Waals surface area contributed by atoms with Gasteiger partial charge in [-0.05, 0) is 57.4 Å². The summed E-state index contributed by atoms with van der Waals surface area (Å²) in [6.45, 7) is 17.6. The summed E-state index contributed by atoms with van der Waals surface area (Å²) in [5.74, 6) is -0.637. The van der Waals surface area contributed by atoms with E-state index in [0.717, 1.165) is 29.3 Å². The smallest absolute Gasteiger partial charge is 0.337 e. The molecule has 0 bridgehead atoms. The number of rotatable bonds is 11. The predicted molar refractivity (Wildman–Crippen MR) is 137 cm³/mol. The Morgan fingerprint density at radius 2 is 1.84 bits per heavy atom. The molecule has 0 saturated heterocycles. The van der Waals surface area contributed by atoms with Crippen LogP contribution in [0.15, 0.2) is 75.8 Å². The highest BCUT2D eigenvalue weighted by atomic mass is 79.9. The van der Waals surface area contributed by atoms with Crippen LogP contribution in [0.4, 0.5) is 0 Å². The number of esters is 1. The lowest BCUT2D eigenvalue weighted by Gasteiger charge is -2.38. The maximum Gasteiger partial charge on any atom is 0.337 e. The first-order chi connectivity index (χ1) is 15.0. The molecule has 0 fully saturated rings. The fourth-order valence-electron chi connectivity index (χ4n) is 3.46. The first-order valence-corrected chi connectivity index (χ1v) is 11.6. The van der Waals surface area contributed by atoms with E-state index in [1.54, 1.807) is 12.2 Å². The number of hydrogen-bond acceptors (Lipinski definition) is 4. The van der Waals surface area contributed by atoms with E-state index in [1.165, 1.54) is 7.11 Å². The lowest BCUT2D eigenvalue weighted by atomic mass is 9.95. The molecule has 0 saturated carbocycles. The van der Waals surface area contributed by atoms with Gasteiger partial charge in [-0.3, -0.25) is 9.79 Å². The van der Waals surface area contributed by atoms with E-state index in [0.29, 0.717) is 11.3 Å². The van der Waals surface area contributed by atoms with Gasteiger partial charge in [-0.15, -0.1) is 0 Å². The van der Waals surface area contributed by atoms with Crippen molar-refractivity contribution < 1.29 is 14.3 Å². The number of carbonyl (C=O) groups excluding carboxylic acids is 2. The molecule has 5 nitrogen and oxygen atoms in total. The molecule has 1 aliphatic heterocycles. The number of aliphatic imine (C=N–C) groups is 1. The van der Waals surface area contributed by atoms with E-state index < -0.39 is 11.6 Å². The van der Waals surface area contributed by atoms with Crippen molar-refractivity contribution in [2.24, 2.45) is 4.99 Å². The molecule has 0 aliphatic carbocycles. The van der Waals surface area contributed by atoms with Gasteiger partial charge in [0, 0.05) is 4.48 Å². The number of allylic oxidation sites excluding steroid dienone is 5. The minimum absolute atomic E-state index is 0.151. The molecule has 1 rings (SSSR count). The lowest BCUT2D eigenvalue weighted by Crippen LogP contribution is -2.50. The minimum atomic E-state index is -0.735. The van der Waals surface area contributed by atoms with Gasteiger partial charge in [0.25, 0.3) is 5.91 Å². The van der Waals surface area contributed by atoms with Crippen molar-refractivity contribution in [3.63, 3.8) is 0 Å². The van der Waals surface area contributed by atoms with E-state index in [2.05, 4.69) is 36.0 Å². The molecule has 0 aromatic rings. The topological polar surface area (TPSA) is 59.0 Å². The van der Waals surface area contributed by atoms with Crippen molar-refractivity contribution in [2.75, 3.05) is 7.11 Å². The number of hydrogen-bond donors (Lipinski definition) is 0. The molecular weight excluding hydrogens is 468 g/mol. The second kappa shape index (κ2) is 12.5. The molecule has 174 valence electrons. The van der Waals surface area contributed by atoms with Gasteiger partial charge in [0.2, 0.25) is 0 Å². The van der Waals surface area contributed by atoms with Crippen LogP contribution in [0.2, 0.25) is 0 Å². The Labute approximate surface area is 201 Å². The first kappa shape index (κ1) is 27.6. The van der Waals surface area contributed by atoms with Crippen LogP contribution in [-0.4, -0.2) is 41.3 Å². The van der Waals surface area contributed by atoms with E-state index in [4.69, 9.17) is 9.73 Å². The molecule has 6 heteroatoms. The summed E-state index contributed by atoms with van der Waals surface area (Å²) in [5, 5.41) is 0. The highest BCUT2D eigenvalue weighted by Crippen LogP contribution is 2.33. The van der Waals surface area contributed by atoms with E-state index >= 15 is 0 Å². The maximum atomic E-state index is 13.5. The Morgan fingerprint density at radius 1 is 1.19 bits per heavy atom. The van der Waals surface area contributed by atoms with Crippen LogP contribution < -0.4 is 0 Å². The fraction of sp³-hybridized carbons (Fsp3) is 0.423. The van der Waals surface area contributed by atoms with E-state index in [1.807, 2.05) is 56.9 Å². The number of methoxy groups -OCH3 is 1. The van der Waals surface area contributed by atoms with Gasteiger partial charge in [0.05, 0.1) is 18.7 Å². The average Bonchev–Trinajstić information content (AvgIpc) is 3.01. The molecule has 0 aromatic carbocycles. The molecular formula is C26H35BrN2O3. The van der Waals surface area contributed by atoms with E-state index in [-0.39, 0.29) is 17.5 Å². The molecule has 0 N–H and O–H groups in total. The minimum Gasteiger partial charge on any atom is -0.465 e. The van der Waals surface area contributed by atoms with Crippen molar-refractivity contribution in [2.45, 2.75) is 65.6 Å². The molecule has 1 amide bonds. The largest absolute Gasteiger partial charge is 0.465 e. The Morgan fingerprint density at radius 3 is 2.38 bits per heavy atom. The SMILES string of the molecule is C=C(/C=C\C(=C/C)C(CCCC)N1C(=O)C(C(=C)/C=C\C(Br)=C/C)=NC1(C)C)C(=O)OC. The van der Waals surface area contributed by atoms with Crippen LogP contribution in [0, 0.1) is 0 Å². The monoisotopic (exact) mass is 502 g/mol.